The van der Waals surface area contributed by atoms with Crippen molar-refractivity contribution in [2.75, 3.05) is 0 Å². The van der Waals surface area contributed by atoms with Crippen molar-refractivity contribution in [3.05, 3.63) is 212 Å². The summed E-state index contributed by atoms with van der Waals surface area (Å²) in [6, 6.07) is 79.1. The predicted molar refractivity (Wildman–Crippen MR) is 220 cm³/mol. The van der Waals surface area contributed by atoms with Gasteiger partial charge in [0.25, 0.3) is 0 Å². The maximum absolute atomic E-state index is 2.55. The van der Waals surface area contributed by atoms with Gasteiger partial charge in [-0.1, -0.05) is 206 Å². The third-order valence-electron chi connectivity index (χ3n) is 8.75. The van der Waals surface area contributed by atoms with Crippen LogP contribution in [0.1, 0.15) is 0 Å². The van der Waals surface area contributed by atoms with Crippen molar-refractivity contribution in [1.82, 2.24) is 0 Å². The van der Waals surface area contributed by atoms with Crippen LogP contribution < -0.4 is 47.7 Å². The Morgan fingerprint density at radius 2 is 0.531 bits per heavy atom. The maximum Gasteiger partial charge on any atom is 0.00226 e. The van der Waals surface area contributed by atoms with Crippen molar-refractivity contribution in [3.63, 3.8) is 0 Å². The van der Waals surface area contributed by atoms with Gasteiger partial charge in [0, 0.05) is 10.6 Å². The monoisotopic (exact) mass is 680 g/mol. The van der Waals surface area contributed by atoms with E-state index >= 15 is 0 Å². The molecule has 0 N–H and O–H groups in total. The molecule has 234 valence electrons. The molecular formula is C46H35P3. The topological polar surface area (TPSA) is 0 Å². The maximum atomic E-state index is 2.55. The zero-order chi connectivity index (χ0) is 32.8. The van der Waals surface area contributed by atoms with Gasteiger partial charge in [-0.05, 0) is 77.7 Å². The molecule has 0 amide bonds. The SMILES string of the molecule is c1ccc(P(c2ccccc2)c2cc3ccccc3c(P(c3ccccc3)c3ccccc3)c2P(c2ccccc2)c2ccccc2)cc1. The molecule has 0 saturated heterocycles. The first-order valence-corrected chi connectivity index (χ1v) is 20.7. The van der Waals surface area contributed by atoms with Gasteiger partial charge >= 0.3 is 0 Å². The summed E-state index contributed by atoms with van der Waals surface area (Å²) in [4.78, 5) is 0. The number of hydrogen-bond donors (Lipinski definition) is 0. The van der Waals surface area contributed by atoms with E-state index in [0.29, 0.717) is 0 Å². The highest BCUT2D eigenvalue weighted by molar-refractivity contribution is 7.88. The van der Waals surface area contributed by atoms with Gasteiger partial charge in [-0.3, -0.25) is 0 Å². The fourth-order valence-corrected chi connectivity index (χ4v) is 15.2. The molecule has 3 heteroatoms. The van der Waals surface area contributed by atoms with Gasteiger partial charge in [0.05, 0.1) is 0 Å². The van der Waals surface area contributed by atoms with Crippen molar-refractivity contribution in [3.8, 4) is 0 Å². The molecule has 8 aromatic carbocycles. The summed E-state index contributed by atoms with van der Waals surface area (Å²) in [5.41, 5.74) is 0. The minimum atomic E-state index is -0.955. The minimum Gasteiger partial charge on any atom is -0.0622 e. The molecule has 8 aromatic rings. The van der Waals surface area contributed by atoms with Crippen LogP contribution in [0.25, 0.3) is 10.8 Å². The normalized spacial score (nSPS) is 11.4. The number of rotatable bonds is 9. The third-order valence-corrected chi connectivity index (χ3v) is 16.6. The molecule has 0 spiro atoms. The Bertz CT molecular complexity index is 2140. The van der Waals surface area contributed by atoms with Gasteiger partial charge in [0.2, 0.25) is 0 Å². The van der Waals surface area contributed by atoms with Crippen molar-refractivity contribution in [2.24, 2.45) is 0 Å². The van der Waals surface area contributed by atoms with Crippen LogP contribution in [0.5, 0.6) is 0 Å². The highest BCUT2D eigenvalue weighted by atomic mass is 31.1. The van der Waals surface area contributed by atoms with Crippen LogP contribution in [-0.2, 0) is 0 Å². The largest absolute Gasteiger partial charge is 0.0622 e. The molecule has 0 atom stereocenters. The van der Waals surface area contributed by atoms with E-state index < -0.39 is 23.8 Å². The first-order valence-electron chi connectivity index (χ1n) is 16.6. The van der Waals surface area contributed by atoms with Crippen molar-refractivity contribution in [2.45, 2.75) is 0 Å². The van der Waals surface area contributed by atoms with Crippen LogP contribution >= 0.6 is 23.8 Å². The molecule has 0 unspecified atom stereocenters. The Balaban J connectivity index is 1.58. The Morgan fingerprint density at radius 3 is 0.898 bits per heavy atom. The van der Waals surface area contributed by atoms with Gasteiger partial charge in [0.15, 0.2) is 0 Å². The molecular weight excluding hydrogens is 645 g/mol. The lowest BCUT2D eigenvalue weighted by Gasteiger charge is -2.33. The Morgan fingerprint density at radius 1 is 0.245 bits per heavy atom. The van der Waals surface area contributed by atoms with Crippen LogP contribution in [-0.4, -0.2) is 0 Å². The van der Waals surface area contributed by atoms with Gasteiger partial charge in [-0.15, -0.1) is 0 Å². The van der Waals surface area contributed by atoms with Crippen LogP contribution in [0.15, 0.2) is 212 Å². The van der Waals surface area contributed by atoms with E-state index in [1.165, 1.54) is 58.5 Å². The molecule has 0 aliphatic carbocycles. The fourth-order valence-electron chi connectivity index (χ4n) is 6.62. The highest BCUT2D eigenvalue weighted by Crippen LogP contribution is 2.44. The van der Waals surface area contributed by atoms with Crippen LogP contribution in [0.2, 0.25) is 0 Å². The molecule has 0 heterocycles. The molecule has 0 nitrogen and oxygen atoms in total. The summed E-state index contributed by atoms with van der Waals surface area (Å²) in [6.07, 6.45) is 0. The molecule has 0 saturated carbocycles. The van der Waals surface area contributed by atoms with Crippen molar-refractivity contribution >= 4 is 82.3 Å². The second kappa shape index (κ2) is 14.8. The van der Waals surface area contributed by atoms with E-state index in [4.69, 9.17) is 0 Å². The van der Waals surface area contributed by atoms with E-state index in [1.54, 1.807) is 0 Å². The molecule has 0 fully saturated rings. The first-order chi connectivity index (χ1) is 24.4. The second-order valence-electron chi connectivity index (χ2n) is 11.8. The van der Waals surface area contributed by atoms with Crippen LogP contribution in [0.3, 0.4) is 0 Å². The quantitative estimate of drug-likeness (QED) is 0.135. The van der Waals surface area contributed by atoms with E-state index in [-0.39, 0.29) is 0 Å². The zero-order valence-corrected chi connectivity index (χ0v) is 29.7. The molecule has 8 rings (SSSR count). The number of fused-ring (bicyclic) bond motifs is 1. The Kier molecular flexibility index (Phi) is 9.55. The summed E-state index contributed by atoms with van der Waals surface area (Å²) >= 11 is 0. The highest BCUT2D eigenvalue weighted by Gasteiger charge is 2.33. The molecule has 0 aliphatic rings. The molecule has 49 heavy (non-hydrogen) atoms. The Hall–Kier alpha value is -4.69. The summed E-state index contributed by atoms with van der Waals surface area (Å²) in [7, 11) is -2.79. The standard InChI is InChI=1S/C46H35P3/c1-7-22-37(23-8-1)47(38-24-9-2-10-25-38)44-35-36-21-19-20-34-43(36)45(48(39-26-11-3-12-27-39)40-28-13-4-14-29-40)46(44)49(41-30-15-5-16-31-41)42-32-17-6-18-33-42/h1-35H. The average molecular weight is 681 g/mol. The van der Waals surface area contributed by atoms with Gasteiger partial charge in [-0.25, -0.2) is 0 Å². The van der Waals surface area contributed by atoms with Gasteiger partial charge in [-0.2, -0.15) is 0 Å². The van der Waals surface area contributed by atoms with E-state index in [9.17, 15) is 0 Å². The van der Waals surface area contributed by atoms with Crippen LogP contribution in [0.4, 0.5) is 0 Å². The molecule has 0 aromatic heterocycles. The lowest BCUT2D eigenvalue weighted by molar-refractivity contribution is 1.74. The van der Waals surface area contributed by atoms with E-state index in [2.05, 4.69) is 212 Å². The average Bonchev–Trinajstić information content (AvgIpc) is 3.18. The summed E-state index contributed by atoms with van der Waals surface area (Å²) in [5, 5.41) is 15.3. The summed E-state index contributed by atoms with van der Waals surface area (Å²) in [6.45, 7) is 0. The smallest absolute Gasteiger partial charge is 0.00226 e. The second-order valence-corrected chi connectivity index (χ2v) is 18.3. The molecule has 0 aliphatic heterocycles. The summed E-state index contributed by atoms with van der Waals surface area (Å²) in [5.74, 6) is 0. The number of benzene rings is 8. The zero-order valence-electron chi connectivity index (χ0n) is 27.0. The fraction of sp³-hybridized carbons (Fsp3) is 0. The van der Waals surface area contributed by atoms with Gasteiger partial charge in [0.1, 0.15) is 0 Å². The van der Waals surface area contributed by atoms with E-state index in [0.717, 1.165) is 0 Å². The van der Waals surface area contributed by atoms with Crippen molar-refractivity contribution in [1.29, 1.82) is 0 Å². The third kappa shape index (κ3) is 6.54. The minimum absolute atomic E-state index is 0.905. The van der Waals surface area contributed by atoms with Crippen molar-refractivity contribution < 1.29 is 0 Å². The molecule has 0 radical (unpaired) electrons. The number of hydrogen-bond acceptors (Lipinski definition) is 0. The van der Waals surface area contributed by atoms with E-state index in [1.807, 2.05) is 0 Å². The van der Waals surface area contributed by atoms with Crippen LogP contribution in [0, 0.1) is 0 Å². The Labute approximate surface area is 293 Å². The van der Waals surface area contributed by atoms with Gasteiger partial charge < -0.3 is 0 Å². The predicted octanol–water partition coefficient (Wildman–Crippen LogP) is 8.11. The molecule has 0 bridgehead atoms. The first kappa shape index (κ1) is 31.6. The lowest BCUT2D eigenvalue weighted by atomic mass is 10.1. The lowest BCUT2D eigenvalue weighted by Crippen LogP contribution is -2.44. The summed E-state index contributed by atoms with van der Waals surface area (Å²) < 4.78 is 0.